The Kier molecular flexibility index (Phi) is 5.11. The second kappa shape index (κ2) is 6.83. The third kappa shape index (κ3) is 3.88. The van der Waals surface area contributed by atoms with Crippen molar-refractivity contribution in [2.75, 3.05) is 13.6 Å². The fourth-order valence-electron chi connectivity index (χ4n) is 2.25. The van der Waals surface area contributed by atoms with Gasteiger partial charge in [-0.05, 0) is 49.7 Å². The van der Waals surface area contributed by atoms with Gasteiger partial charge in [0, 0.05) is 22.2 Å². The molecule has 1 aromatic heterocycles. The summed E-state index contributed by atoms with van der Waals surface area (Å²) in [6.45, 7) is 3.09. The summed E-state index contributed by atoms with van der Waals surface area (Å²) in [7, 11) is 1.96. The Morgan fingerprint density at radius 3 is 2.37 bits per heavy atom. The minimum Gasteiger partial charge on any atom is -0.319 e. The van der Waals surface area contributed by atoms with Crippen molar-refractivity contribution < 1.29 is 4.39 Å². The molecule has 1 nitrogen and oxygen atoms in total. The van der Waals surface area contributed by atoms with Crippen LogP contribution in [0.3, 0.4) is 0 Å². The van der Waals surface area contributed by atoms with Crippen LogP contribution in [0.15, 0.2) is 36.4 Å². The van der Waals surface area contributed by atoms with E-state index < -0.39 is 0 Å². The van der Waals surface area contributed by atoms with Crippen LogP contribution in [0.2, 0.25) is 0 Å². The fourth-order valence-corrected chi connectivity index (χ4v) is 3.29. The van der Waals surface area contributed by atoms with Gasteiger partial charge in [-0.1, -0.05) is 19.1 Å². The van der Waals surface area contributed by atoms with Gasteiger partial charge in [-0.3, -0.25) is 0 Å². The molecule has 0 aliphatic heterocycles. The highest BCUT2D eigenvalue weighted by molar-refractivity contribution is 7.11. The summed E-state index contributed by atoms with van der Waals surface area (Å²) >= 11 is 1.88. The Balaban J connectivity index is 2.13. The molecule has 0 radical (unpaired) electrons. The number of rotatable bonds is 6. The Labute approximate surface area is 118 Å². The molecule has 0 bridgehead atoms. The van der Waals surface area contributed by atoms with E-state index in [0.717, 1.165) is 19.4 Å². The number of thiophene rings is 1. The van der Waals surface area contributed by atoms with Gasteiger partial charge in [0.25, 0.3) is 0 Å². The van der Waals surface area contributed by atoms with Gasteiger partial charge in [-0.25, -0.2) is 4.39 Å². The molecule has 0 saturated heterocycles. The monoisotopic (exact) mass is 277 g/mol. The normalized spacial score (nSPS) is 12.6. The van der Waals surface area contributed by atoms with Crippen LogP contribution >= 0.6 is 11.3 Å². The predicted octanol–water partition coefficient (Wildman–Crippen LogP) is 4.00. The lowest BCUT2D eigenvalue weighted by atomic mass is 9.95. The highest BCUT2D eigenvalue weighted by atomic mass is 32.1. The third-order valence-electron chi connectivity index (χ3n) is 3.31. The first kappa shape index (κ1) is 14.2. The van der Waals surface area contributed by atoms with Crippen LogP contribution < -0.4 is 5.32 Å². The smallest absolute Gasteiger partial charge is 0.123 e. The fraction of sp³-hybridized carbons (Fsp3) is 0.375. The highest BCUT2D eigenvalue weighted by Crippen LogP contribution is 2.25. The van der Waals surface area contributed by atoms with Gasteiger partial charge in [0.1, 0.15) is 5.82 Å². The van der Waals surface area contributed by atoms with Crippen molar-refractivity contribution in [1.82, 2.24) is 5.32 Å². The lowest BCUT2D eigenvalue weighted by Crippen LogP contribution is -2.18. The lowest BCUT2D eigenvalue weighted by Gasteiger charge is -2.16. The molecule has 19 heavy (non-hydrogen) atoms. The van der Waals surface area contributed by atoms with E-state index in [1.165, 1.54) is 15.3 Å². The molecule has 0 fully saturated rings. The molecule has 1 unspecified atom stereocenters. The Hall–Kier alpha value is -1.19. The van der Waals surface area contributed by atoms with E-state index >= 15 is 0 Å². The first-order chi connectivity index (χ1) is 9.22. The number of halogens is 1. The van der Waals surface area contributed by atoms with Gasteiger partial charge in [0.2, 0.25) is 0 Å². The van der Waals surface area contributed by atoms with E-state index in [2.05, 4.69) is 24.4 Å². The van der Waals surface area contributed by atoms with E-state index in [-0.39, 0.29) is 5.82 Å². The number of nitrogens with one attached hydrogen (secondary N) is 1. The van der Waals surface area contributed by atoms with E-state index in [1.807, 2.05) is 30.5 Å². The lowest BCUT2D eigenvalue weighted by molar-refractivity contribution is 0.613. The van der Waals surface area contributed by atoms with Gasteiger partial charge < -0.3 is 5.32 Å². The zero-order valence-corrected chi connectivity index (χ0v) is 12.3. The van der Waals surface area contributed by atoms with Gasteiger partial charge in [0.15, 0.2) is 0 Å². The molecule has 0 aliphatic rings. The molecule has 2 rings (SSSR count). The quantitative estimate of drug-likeness (QED) is 0.841. The number of aryl methyl sites for hydroxylation is 1. The number of likely N-dealkylation sites (N-methyl/N-ethyl adjacent to an activating group) is 1. The third-order valence-corrected chi connectivity index (χ3v) is 4.56. The van der Waals surface area contributed by atoms with E-state index in [4.69, 9.17) is 0 Å². The summed E-state index contributed by atoms with van der Waals surface area (Å²) in [6.07, 6.45) is 2.11. The molecule has 1 heterocycles. The summed E-state index contributed by atoms with van der Waals surface area (Å²) in [5.74, 6) is 0.227. The maximum absolute atomic E-state index is 13.0. The number of benzene rings is 1. The minimum absolute atomic E-state index is 0.170. The molecular formula is C16H20FNS. The van der Waals surface area contributed by atoms with Crippen LogP contribution in [-0.4, -0.2) is 13.6 Å². The second-order valence-corrected chi connectivity index (χ2v) is 5.98. The topological polar surface area (TPSA) is 12.0 Å². The molecule has 2 aromatic rings. The van der Waals surface area contributed by atoms with Gasteiger partial charge in [0.05, 0.1) is 0 Å². The average Bonchev–Trinajstić information content (AvgIpc) is 2.87. The average molecular weight is 277 g/mol. The van der Waals surface area contributed by atoms with Crippen LogP contribution in [0.4, 0.5) is 4.39 Å². The maximum Gasteiger partial charge on any atom is 0.123 e. The van der Waals surface area contributed by atoms with Crippen molar-refractivity contribution in [1.29, 1.82) is 0 Å². The Bertz CT molecular complexity index is 504. The molecule has 3 heteroatoms. The number of hydrogen-bond acceptors (Lipinski definition) is 2. The van der Waals surface area contributed by atoms with E-state index in [1.54, 1.807) is 12.1 Å². The molecule has 0 amide bonds. The van der Waals surface area contributed by atoms with Crippen molar-refractivity contribution in [3.05, 3.63) is 57.5 Å². The highest BCUT2D eigenvalue weighted by Gasteiger charge is 2.13. The van der Waals surface area contributed by atoms with Crippen LogP contribution in [0.25, 0.3) is 0 Å². The van der Waals surface area contributed by atoms with Crippen LogP contribution in [0.1, 0.15) is 28.2 Å². The van der Waals surface area contributed by atoms with Crippen molar-refractivity contribution in [2.45, 2.75) is 25.7 Å². The zero-order chi connectivity index (χ0) is 13.7. The second-order valence-electron chi connectivity index (χ2n) is 4.73. The van der Waals surface area contributed by atoms with Crippen molar-refractivity contribution in [3.8, 4) is 0 Å². The Morgan fingerprint density at radius 2 is 1.79 bits per heavy atom. The van der Waals surface area contributed by atoms with Crippen LogP contribution in [0, 0.1) is 5.82 Å². The van der Waals surface area contributed by atoms with Crippen molar-refractivity contribution in [3.63, 3.8) is 0 Å². The molecule has 1 aromatic carbocycles. The molecular weight excluding hydrogens is 257 g/mol. The van der Waals surface area contributed by atoms with Gasteiger partial charge in [-0.15, -0.1) is 11.3 Å². The van der Waals surface area contributed by atoms with Crippen LogP contribution in [0.5, 0.6) is 0 Å². The molecule has 1 atom stereocenters. The summed E-state index contributed by atoms with van der Waals surface area (Å²) in [6, 6.07) is 11.3. The zero-order valence-electron chi connectivity index (χ0n) is 11.4. The number of hydrogen-bond donors (Lipinski definition) is 1. The molecule has 102 valence electrons. The minimum atomic E-state index is -0.170. The SMILES string of the molecule is CCc1ccc(CC(CNC)c2ccc(F)cc2)s1. The van der Waals surface area contributed by atoms with E-state index in [0.29, 0.717) is 5.92 Å². The maximum atomic E-state index is 13.0. The largest absolute Gasteiger partial charge is 0.319 e. The van der Waals surface area contributed by atoms with E-state index in [9.17, 15) is 4.39 Å². The van der Waals surface area contributed by atoms with Gasteiger partial charge in [-0.2, -0.15) is 0 Å². The summed E-state index contributed by atoms with van der Waals surface area (Å²) in [5, 5.41) is 3.23. The standard InChI is InChI=1S/C16H20FNS/c1-3-15-8-9-16(19-15)10-13(11-18-2)12-4-6-14(17)7-5-12/h4-9,13,18H,3,10-11H2,1-2H3. The predicted molar refractivity (Wildman–Crippen MR) is 80.5 cm³/mol. The molecule has 0 saturated carbocycles. The molecule has 0 spiro atoms. The summed E-state index contributed by atoms with van der Waals surface area (Å²) in [4.78, 5) is 2.83. The van der Waals surface area contributed by atoms with Crippen molar-refractivity contribution in [2.24, 2.45) is 0 Å². The molecule has 0 aliphatic carbocycles. The summed E-state index contributed by atoms with van der Waals surface area (Å²) < 4.78 is 13.0. The molecule has 1 N–H and O–H groups in total. The van der Waals surface area contributed by atoms with Gasteiger partial charge >= 0.3 is 0 Å². The van der Waals surface area contributed by atoms with Crippen molar-refractivity contribution >= 4 is 11.3 Å². The first-order valence-corrected chi connectivity index (χ1v) is 7.52. The first-order valence-electron chi connectivity index (χ1n) is 6.70. The Morgan fingerprint density at radius 1 is 1.11 bits per heavy atom. The summed E-state index contributed by atoms with van der Waals surface area (Å²) in [5.41, 5.74) is 1.20. The van der Waals surface area contributed by atoms with Crippen LogP contribution in [-0.2, 0) is 12.8 Å².